The van der Waals surface area contributed by atoms with E-state index in [0.29, 0.717) is 0 Å². The molecule has 5 aromatic rings. The number of pyridine rings is 1. The molecule has 0 bridgehead atoms. The number of hydrogen-bond acceptors (Lipinski definition) is 3. The van der Waals surface area contributed by atoms with Crippen LogP contribution in [0.5, 0.6) is 0 Å². The van der Waals surface area contributed by atoms with Crippen molar-refractivity contribution in [1.82, 2.24) is 14.8 Å². The van der Waals surface area contributed by atoms with Crippen LogP contribution in [0.4, 0.5) is 5.69 Å². The fourth-order valence-electron chi connectivity index (χ4n) is 3.90. The van der Waals surface area contributed by atoms with Gasteiger partial charge in [0, 0.05) is 28.2 Å². The van der Waals surface area contributed by atoms with Crippen molar-refractivity contribution in [3.05, 3.63) is 90.1 Å². The second-order valence-electron chi connectivity index (χ2n) is 7.83. The Morgan fingerprint density at radius 1 is 0.903 bits per heavy atom. The number of carbonyl (C=O) groups excluding carboxylic acids is 1. The summed E-state index contributed by atoms with van der Waals surface area (Å²) < 4.78 is 1.79. The van der Waals surface area contributed by atoms with Crippen LogP contribution in [0.25, 0.3) is 33.1 Å². The Morgan fingerprint density at radius 3 is 2.52 bits per heavy atom. The highest BCUT2D eigenvalue weighted by Crippen LogP contribution is 2.32. The van der Waals surface area contributed by atoms with E-state index in [1.165, 1.54) is 5.56 Å². The van der Waals surface area contributed by atoms with Gasteiger partial charge in [0.2, 0.25) is 5.91 Å². The molecule has 0 aliphatic carbocycles. The van der Waals surface area contributed by atoms with E-state index >= 15 is 0 Å². The minimum Gasteiger partial charge on any atom is -0.324 e. The third-order valence-electron chi connectivity index (χ3n) is 5.40. The Bertz CT molecular complexity index is 1420. The minimum absolute atomic E-state index is 0.115. The van der Waals surface area contributed by atoms with Crippen LogP contribution < -0.4 is 5.32 Å². The maximum atomic E-state index is 12.9. The largest absolute Gasteiger partial charge is 0.324 e. The van der Waals surface area contributed by atoms with Crippen LogP contribution in [-0.4, -0.2) is 20.7 Å². The third kappa shape index (κ3) is 3.66. The molecule has 0 spiro atoms. The van der Waals surface area contributed by atoms with E-state index in [2.05, 4.69) is 41.5 Å². The van der Waals surface area contributed by atoms with Gasteiger partial charge in [-0.05, 0) is 37.6 Å². The molecule has 0 saturated carbocycles. The van der Waals surface area contributed by atoms with E-state index in [4.69, 9.17) is 5.10 Å². The number of anilines is 1. The fourth-order valence-corrected chi connectivity index (χ4v) is 3.90. The molecule has 31 heavy (non-hydrogen) atoms. The Kier molecular flexibility index (Phi) is 4.71. The molecule has 1 amide bonds. The average molecular weight is 406 g/mol. The zero-order chi connectivity index (χ0) is 21.4. The number of aryl methyl sites for hydroxylation is 2. The van der Waals surface area contributed by atoms with Crippen LogP contribution in [0.1, 0.15) is 11.1 Å². The van der Waals surface area contributed by atoms with Crippen LogP contribution in [0, 0.1) is 13.8 Å². The van der Waals surface area contributed by atoms with E-state index in [0.717, 1.165) is 44.3 Å². The normalized spacial score (nSPS) is 11.2. The lowest BCUT2D eigenvalue weighted by Crippen LogP contribution is -2.19. The van der Waals surface area contributed by atoms with Gasteiger partial charge in [0.05, 0.1) is 11.0 Å². The molecule has 152 valence electrons. The molecule has 2 aromatic heterocycles. The number of nitrogens with zero attached hydrogens (tertiary/aromatic N) is 3. The van der Waals surface area contributed by atoms with E-state index in [1.807, 2.05) is 61.7 Å². The minimum atomic E-state index is -0.119. The number of carbonyl (C=O) groups is 1. The molecule has 3 aromatic carbocycles. The summed E-state index contributed by atoms with van der Waals surface area (Å²) in [5.74, 6) is -0.119. The molecule has 1 N–H and O–H groups in total. The molecular formula is C26H22N4O. The molecule has 5 heteroatoms. The van der Waals surface area contributed by atoms with Crippen LogP contribution in [0.15, 0.2) is 79.0 Å². The molecule has 0 aliphatic heterocycles. The number of benzene rings is 3. The Labute approximate surface area is 180 Å². The van der Waals surface area contributed by atoms with Crippen molar-refractivity contribution < 1.29 is 4.79 Å². The summed E-state index contributed by atoms with van der Waals surface area (Å²) in [6.07, 6.45) is 1.86. The standard InChI is InChI=1S/C26H22N4O/c1-17-10-12-19(13-11-17)25-22-15-27-23-9-4-3-8-21(23)26(22)30(29-25)16-24(31)28-20-7-5-6-18(2)14-20/h3-15H,16H2,1-2H3,(H,28,31). The van der Waals surface area contributed by atoms with Gasteiger partial charge in [0.15, 0.2) is 0 Å². The molecule has 0 atom stereocenters. The van der Waals surface area contributed by atoms with Crippen molar-refractivity contribution >= 4 is 33.4 Å². The van der Waals surface area contributed by atoms with Crippen LogP contribution in [0.2, 0.25) is 0 Å². The number of hydrogen-bond donors (Lipinski definition) is 1. The fraction of sp³-hybridized carbons (Fsp3) is 0.115. The average Bonchev–Trinajstić information content (AvgIpc) is 3.13. The lowest BCUT2D eigenvalue weighted by Gasteiger charge is -2.08. The van der Waals surface area contributed by atoms with Gasteiger partial charge < -0.3 is 5.32 Å². The van der Waals surface area contributed by atoms with Crippen molar-refractivity contribution in [2.45, 2.75) is 20.4 Å². The highest BCUT2D eigenvalue weighted by atomic mass is 16.2. The monoisotopic (exact) mass is 406 g/mol. The van der Waals surface area contributed by atoms with Crippen LogP contribution >= 0.6 is 0 Å². The van der Waals surface area contributed by atoms with Crippen molar-refractivity contribution in [3.8, 4) is 11.3 Å². The Balaban J connectivity index is 1.61. The smallest absolute Gasteiger partial charge is 0.246 e. The number of fused-ring (bicyclic) bond motifs is 3. The first-order chi connectivity index (χ1) is 15.1. The van der Waals surface area contributed by atoms with E-state index < -0.39 is 0 Å². The zero-order valence-corrected chi connectivity index (χ0v) is 17.5. The zero-order valence-electron chi connectivity index (χ0n) is 17.5. The molecule has 0 fully saturated rings. The Morgan fingerprint density at radius 2 is 1.71 bits per heavy atom. The van der Waals surface area contributed by atoms with Gasteiger partial charge in [-0.15, -0.1) is 0 Å². The van der Waals surface area contributed by atoms with Crippen molar-refractivity contribution in [2.75, 3.05) is 5.32 Å². The van der Waals surface area contributed by atoms with E-state index in [1.54, 1.807) is 4.68 Å². The van der Waals surface area contributed by atoms with Gasteiger partial charge in [-0.3, -0.25) is 14.5 Å². The topological polar surface area (TPSA) is 59.8 Å². The van der Waals surface area contributed by atoms with E-state index in [9.17, 15) is 4.79 Å². The second-order valence-corrected chi connectivity index (χ2v) is 7.83. The summed E-state index contributed by atoms with van der Waals surface area (Å²) in [6.45, 7) is 4.18. The quantitative estimate of drug-likeness (QED) is 0.428. The highest BCUT2D eigenvalue weighted by Gasteiger charge is 2.17. The first kappa shape index (κ1) is 19.0. The highest BCUT2D eigenvalue weighted by molar-refractivity contribution is 6.08. The van der Waals surface area contributed by atoms with Gasteiger partial charge >= 0.3 is 0 Å². The van der Waals surface area contributed by atoms with Gasteiger partial charge in [-0.1, -0.05) is 60.2 Å². The van der Waals surface area contributed by atoms with Gasteiger partial charge in [-0.25, -0.2) is 0 Å². The number of aromatic nitrogens is 3. The predicted molar refractivity (Wildman–Crippen MR) is 125 cm³/mol. The summed E-state index contributed by atoms with van der Waals surface area (Å²) in [5, 5.41) is 9.76. The van der Waals surface area contributed by atoms with Gasteiger partial charge in [0.1, 0.15) is 12.2 Å². The first-order valence-corrected chi connectivity index (χ1v) is 10.3. The van der Waals surface area contributed by atoms with Gasteiger partial charge in [0.25, 0.3) is 0 Å². The lowest BCUT2D eigenvalue weighted by atomic mass is 10.1. The molecule has 0 aliphatic rings. The molecule has 0 saturated heterocycles. The first-order valence-electron chi connectivity index (χ1n) is 10.3. The molecule has 0 radical (unpaired) electrons. The number of amides is 1. The molecule has 5 rings (SSSR count). The third-order valence-corrected chi connectivity index (χ3v) is 5.40. The summed E-state index contributed by atoms with van der Waals surface area (Å²) in [5.41, 5.74) is 6.70. The number of rotatable bonds is 4. The summed E-state index contributed by atoms with van der Waals surface area (Å²) in [7, 11) is 0. The molecule has 2 heterocycles. The summed E-state index contributed by atoms with van der Waals surface area (Å²) in [6, 6.07) is 24.0. The van der Waals surface area contributed by atoms with Crippen molar-refractivity contribution in [1.29, 1.82) is 0 Å². The predicted octanol–water partition coefficient (Wildman–Crippen LogP) is 5.51. The SMILES string of the molecule is Cc1ccc(-c2nn(CC(=O)Nc3cccc(C)c3)c3c2cnc2ccccc23)cc1. The van der Waals surface area contributed by atoms with Crippen molar-refractivity contribution in [2.24, 2.45) is 0 Å². The number of nitrogens with one attached hydrogen (secondary N) is 1. The van der Waals surface area contributed by atoms with Gasteiger partial charge in [-0.2, -0.15) is 5.10 Å². The summed E-state index contributed by atoms with van der Waals surface area (Å²) >= 11 is 0. The maximum absolute atomic E-state index is 12.9. The maximum Gasteiger partial charge on any atom is 0.246 e. The molecule has 5 nitrogen and oxygen atoms in total. The van der Waals surface area contributed by atoms with E-state index in [-0.39, 0.29) is 12.5 Å². The van der Waals surface area contributed by atoms with Crippen LogP contribution in [-0.2, 0) is 11.3 Å². The molecule has 0 unspecified atom stereocenters. The lowest BCUT2D eigenvalue weighted by molar-refractivity contribution is -0.116. The summed E-state index contributed by atoms with van der Waals surface area (Å²) in [4.78, 5) is 17.5. The Hall–Kier alpha value is -3.99. The molecular weight excluding hydrogens is 384 g/mol. The second kappa shape index (κ2) is 7.69. The number of para-hydroxylation sites is 1. The van der Waals surface area contributed by atoms with Crippen LogP contribution in [0.3, 0.4) is 0 Å². The van der Waals surface area contributed by atoms with Crippen molar-refractivity contribution in [3.63, 3.8) is 0 Å².